The number of carbonyl (C=O) groups excluding carboxylic acids is 1. The number of nitrogens with zero attached hydrogens (tertiary/aromatic N) is 2. The molecule has 0 bridgehead atoms. The number of rotatable bonds is 4. The standard InChI is InChI=1S/C20H14FN5O4/c21-14-6-2-1-4-12(14)10-26-17-11(5-3-7-22-17)8-13(19(26)29)18(28)23-15-9-16(27)25-20(30)24-15/h1-9H,10H2,(H3,23,24,25,27,28,30). The minimum Gasteiger partial charge on any atom is -0.308 e. The summed E-state index contributed by atoms with van der Waals surface area (Å²) in [5, 5.41) is 2.81. The molecular weight excluding hydrogens is 393 g/mol. The molecule has 30 heavy (non-hydrogen) atoms. The van der Waals surface area contributed by atoms with Crippen LogP contribution < -0.4 is 22.1 Å². The van der Waals surface area contributed by atoms with Gasteiger partial charge in [0.25, 0.3) is 17.0 Å². The van der Waals surface area contributed by atoms with Crippen molar-refractivity contribution in [2.75, 3.05) is 5.32 Å². The summed E-state index contributed by atoms with van der Waals surface area (Å²) in [6.07, 6.45) is 1.49. The molecule has 0 aliphatic heterocycles. The highest BCUT2D eigenvalue weighted by Gasteiger charge is 2.18. The molecule has 0 aliphatic carbocycles. The van der Waals surface area contributed by atoms with Crippen LogP contribution in [0.2, 0.25) is 0 Å². The van der Waals surface area contributed by atoms with E-state index in [1.807, 2.05) is 4.98 Å². The van der Waals surface area contributed by atoms with Gasteiger partial charge in [-0.2, -0.15) is 0 Å². The van der Waals surface area contributed by atoms with Crippen LogP contribution in [0.5, 0.6) is 0 Å². The second kappa shape index (κ2) is 7.59. The quantitative estimate of drug-likeness (QED) is 0.468. The fraction of sp³-hybridized carbons (Fsp3) is 0.0500. The Hall–Kier alpha value is -4.34. The summed E-state index contributed by atoms with van der Waals surface area (Å²) >= 11 is 0. The molecule has 4 aromatic rings. The number of pyridine rings is 2. The molecule has 150 valence electrons. The summed E-state index contributed by atoms with van der Waals surface area (Å²) in [6, 6.07) is 11.6. The van der Waals surface area contributed by atoms with Gasteiger partial charge in [0.2, 0.25) is 0 Å². The highest BCUT2D eigenvalue weighted by molar-refractivity contribution is 6.05. The molecule has 0 atom stereocenters. The van der Waals surface area contributed by atoms with E-state index in [-0.39, 0.29) is 29.1 Å². The third-order valence-corrected chi connectivity index (χ3v) is 4.39. The molecule has 9 nitrogen and oxygen atoms in total. The van der Waals surface area contributed by atoms with Crippen molar-refractivity contribution in [1.82, 2.24) is 19.5 Å². The second-order valence-corrected chi connectivity index (χ2v) is 6.41. The lowest BCUT2D eigenvalue weighted by atomic mass is 10.1. The number of carbonyl (C=O) groups is 1. The Bertz CT molecular complexity index is 1430. The third-order valence-electron chi connectivity index (χ3n) is 4.39. The van der Waals surface area contributed by atoms with Gasteiger partial charge in [-0.05, 0) is 24.3 Å². The molecule has 0 radical (unpaired) electrons. The number of anilines is 1. The van der Waals surface area contributed by atoms with Gasteiger partial charge in [0.15, 0.2) is 0 Å². The highest BCUT2D eigenvalue weighted by atomic mass is 19.1. The number of amides is 1. The van der Waals surface area contributed by atoms with Crippen LogP contribution in [0.4, 0.5) is 10.2 Å². The van der Waals surface area contributed by atoms with E-state index in [1.165, 1.54) is 35.0 Å². The maximum Gasteiger partial charge on any atom is 0.327 e. The predicted molar refractivity (Wildman–Crippen MR) is 107 cm³/mol. The normalized spacial score (nSPS) is 10.8. The van der Waals surface area contributed by atoms with Crippen LogP contribution in [0.25, 0.3) is 11.0 Å². The fourth-order valence-corrected chi connectivity index (χ4v) is 3.04. The topological polar surface area (TPSA) is 130 Å². The van der Waals surface area contributed by atoms with E-state index in [1.54, 1.807) is 18.2 Å². The Kier molecular flexibility index (Phi) is 4.80. The first-order valence-electron chi connectivity index (χ1n) is 8.79. The van der Waals surface area contributed by atoms with Crippen molar-refractivity contribution in [3.05, 3.63) is 103 Å². The summed E-state index contributed by atoms with van der Waals surface area (Å²) < 4.78 is 15.3. The number of benzene rings is 1. The number of H-pyrrole nitrogens is 2. The van der Waals surface area contributed by atoms with Gasteiger partial charge >= 0.3 is 5.69 Å². The average molecular weight is 407 g/mol. The van der Waals surface area contributed by atoms with Crippen molar-refractivity contribution in [1.29, 1.82) is 0 Å². The first-order chi connectivity index (χ1) is 14.4. The molecule has 0 saturated carbocycles. The lowest BCUT2D eigenvalue weighted by Crippen LogP contribution is -2.31. The number of hydrogen-bond donors (Lipinski definition) is 3. The Morgan fingerprint density at radius 1 is 1.07 bits per heavy atom. The largest absolute Gasteiger partial charge is 0.327 e. The molecule has 0 spiro atoms. The van der Waals surface area contributed by atoms with Gasteiger partial charge < -0.3 is 5.32 Å². The summed E-state index contributed by atoms with van der Waals surface area (Å²) in [4.78, 5) is 57.0. The number of halogens is 1. The Labute approximate surface area is 166 Å². The average Bonchev–Trinajstić information content (AvgIpc) is 2.70. The van der Waals surface area contributed by atoms with Crippen LogP contribution in [0.1, 0.15) is 15.9 Å². The zero-order chi connectivity index (χ0) is 21.3. The zero-order valence-electron chi connectivity index (χ0n) is 15.3. The van der Waals surface area contributed by atoms with Gasteiger partial charge in [0.1, 0.15) is 22.8 Å². The predicted octanol–water partition coefficient (Wildman–Crippen LogP) is 1.21. The zero-order valence-corrected chi connectivity index (χ0v) is 15.3. The first kappa shape index (κ1) is 19.0. The van der Waals surface area contributed by atoms with Crippen molar-refractivity contribution < 1.29 is 9.18 Å². The van der Waals surface area contributed by atoms with Crippen molar-refractivity contribution in [2.45, 2.75) is 6.54 Å². The van der Waals surface area contributed by atoms with Gasteiger partial charge in [-0.25, -0.2) is 14.2 Å². The van der Waals surface area contributed by atoms with Crippen LogP contribution in [0.15, 0.2) is 69.1 Å². The maximum atomic E-state index is 14.1. The molecule has 0 unspecified atom stereocenters. The fourth-order valence-electron chi connectivity index (χ4n) is 3.04. The Balaban J connectivity index is 1.82. The van der Waals surface area contributed by atoms with E-state index in [2.05, 4.69) is 15.3 Å². The molecular formula is C20H14FN5O4. The molecule has 3 N–H and O–H groups in total. The minimum absolute atomic E-state index is 0.137. The summed E-state index contributed by atoms with van der Waals surface area (Å²) in [5.41, 5.74) is -1.94. The van der Waals surface area contributed by atoms with E-state index in [4.69, 9.17) is 0 Å². The molecule has 10 heteroatoms. The molecule has 0 fully saturated rings. The first-order valence-corrected chi connectivity index (χ1v) is 8.79. The smallest absolute Gasteiger partial charge is 0.308 e. The highest BCUT2D eigenvalue weighted by Crippen LogP contribution is 2.15. The molecule has 0 aliphatic rings. The number of aromatic amines is 2. The molecule has 3 aromatic heterocycles. The van der Waals surface area contributed by atoms with E-state index < -0.39 is 28.5 Å². The molecule has 3 heterocycles. The molecule has 1 amide bonds. The van der Waals surface area contributed by atoms with Crippen LogP contribution >= 0.6 is 0 Å². The van der Waals surface area contributed by atoms with Crippen molar-refractivity contribution >= 4 is 22.8 Å². The number of nitrogens with one attached hydrogen (secondary N) is 3. The number of hydrogen-bond acceptors (Lipinski definition) is 5. The number of aromatic nitrogens is 4. The second-order valence-electron chi connectivity index (χ2n) is 6.41. The molecule has 1 aromatic carbocycles. The summed E-state index contributed by atoms with van der Waals surface area (Å²) in [6.45, 7) is -0.137. The van der Waals surface area contributed by atoms with Gasteiger partial charge in [-0.3, -0.25) is 28.9 Å². The van der Waals surface area contributed by atoms with Crippen molar-refractivity contribution in [3.8, 4) is 0 Å². The lowest BCUT2D eigenvalue weighted by molar-refractivity contribution is 0.102. The maximum absolute atomic E-state index is 14.1. The number of fused-ring (bicyclic) bond motifs is 1. The van der Waals surface area contributed by atoms with Crippen LogP contribution in [0.3, 0.4) is 0 Å². The lowest BCUT2D eigenvalue weighted by Gasteiger charge is -2.13. The van der Waals surface area contributed by atoms with E-state index in [9.17, 15) is 23.6 Å². The summed E-state index contributed by atoms with van der Waals surface area (Å²) in [5.74, 6) is -1.50. The van der Waals surface area contributed by atoms with Crippen molar-refractivity contribution in [2.24, 2.45) is 0 Å². The van der Waals surface area contributed by atoms with Gasteiger partial charge in [0, 0.05) is 23.2 Å². The monoisotopic (exact) mass is 407 g/mol. The third kappa shape index (κ3) is 3.65. The molecule has 4 rings (SSSR count). The van der Waals surface area contributed by atoms with Crippen molar-refractivity contribution in [3.63, 3.8) is 0 Å². The Morgan fingerprint density at radius 2 is 1.87 bits per heavy atom. The SMILES string of the molecule is O=C(Nc1cc(=O)[nH]c(=O)[nH]1)c1cc2cccnc2n(Cc2ccccc2F)c1=O. The van der Waals surface area contributed by atoms with Gasteiger partial charge in [-0.15, -0.1) is 0 Å². The van der Waals surface area contributed by atoms with E-state index in [0.29, 0.717) is 5.39 Å². The van der Waals surface area contributed by atoms with Gasteiger partial charge in [-0.1, -0.05) is 18.2 Å². The van der Waals surface area contributed by atoms with Gasteiger partial charge in [0.05, 0.1) is 6.54 Å². The van der Waals surface area contributed by atoms with E-state index >= 15 is 0 Å². The Morgan fingerprint density at radius 3 is 2.63 bits per heavy atom. The van der Waals surface area contributed by atoms with Crippen LogP contribution in [-0.2, 0) is 6.54 Å². The summed E-state index contributed by atoms with van der Waals surface area (Å²) in [7, 11) is 0. The van der Waals surface area contributed by atoms with Crippen LogP contribution in [0, 0.1) is 5.82 Å². The van der Waals surface area contributed by atoms with Crippen LogP contribution in [-0.4, -0.2) is 25.4 Å². The van der Waals surface area contributed by atoms with E-state index in [0.717, 1.165) is 6.07 Å². The minimum atomic E-state index is -0.839. The molecule has 0 saturated heterocycles.